The summed E-state index contributed by atoms with van der Waals surface area (Å²) in [5.74, 6) is -0.530. The lowest BCUT2D eigenvalue weighted by Gasteiger charge is -2.16. The second-order valence-electron chi connectivity index (χ2n) is 6.97. The van der Waals surface area contributed by atoms with Crippen molar-refractivity contribution < 1.29 is 14.3 Å². The molecule has 1 aliphatic carbocycles. The lowest BCUT2D eigenvalue weighted by molar-refractivity contribution is -0.120. The van der Waals surface area contributed by atoms with Gasteiger partial charge in [-0.05, 0) is 44.4 Å². The van der Waals surface area contributed by atoms with Crippen LogP contribution in [0.5, 0.6) is 0 Å². The maximum atomic E-state index is 13.0. The van der Waals surface area contributed by atoms with Gasteiger partial charge >= 0.3 is 5.97 Å². The SMILES string of the molecule is CCCCn1c(S[C@@H](C)C(=O)NC2CC2)nc2cc(C(=O)OC)ccc2c1=O. The molecule has 1 aliphatic rings. The maximum Gasteiger partial charge on any atom is 0.337 e. The fourth-order valence-corrected chi connectivity index (χ4v) is 3.75. The summed E-state index contributed by atoms with van der Waals surface area (Å²) in [6.07, 6.45) is 3.82. The molecule has 1 fully saturated rings. The van der Waals surface area contributed by atoms with Crippen molar-refractivity contribution in [3.8, 4) is 0 Å². The summed E-state index contributed by atoms with van der Waals surface area (Å²) in [7, 11) is 1.31. The highest BCUT2D eigenvalue weighted by molar-refractivity contribution is 8.00. The molecule has 1 saturated carbocycles. The van der Waals surface area contributed by atoms with E-state index in [4.69, 9.17) is 4.74 Å². The van der Waals surface area contributed by atoms with Crippen LogP contribution in [0.2, 0.25) is 0 Å². The number of unbranched alkanes of at least 4 members (excludes halogenated alkanes) is 1. The van der Waals surface area contributed by atoms with Gasteiger partial charge in [-0.3, -0.25) is 14.2 Å². The van der Waals surface area contributed by atoms with E-state index < -0.39 is 5.97 Å². The minimum Gasteiger partial charge on any atom is -0.465 e. The number of benzene rings is 1. The van der Waals surface area contributed by atoms with E-state index in [9.17, 15) is 14.4 Å². The highest BCUT2D eigenvalue weighted by Gasteiger charge is 2.27. The Bertz CT molecular complexity index is 952. The molecule has 1 atom stereocenters. The van der Waals surface area contributed by atoms with Crippen LogP contribution in [0, 0.1) is 0 Å². The molecule has 3 rings (SSSR count). The van der Waals surface area contributed by atoms with Crippen LogP contribution in [0.4, 0.5) is 0 Å². The summed E-state index contributed by atoms with van der Waals surface area (Å²) < 4.78 is 6.39. The van der Waals surface area contributed by atoms with Gasteiger partial charge < -0.3 is 10.1 Å². The first-order valence-corrected chi connectivity index (χ1v) is 10.4. The van der Waals surface area contributed by atoms with Crippen LogP contribution >= 0.6 is 11.8 Å². The molecule has 0 saturated heterocycles. The van der Waals surface area contributed by atoms with Crippen molar-refractivity contribution in [2.75, 3.05) is 7.11 Å². The smallest absolute Gasteiger partial charge is 0.337 e. The summed E-state index contributed by atoms with van der Waals surface area (Å²) in [6, 6.07) is 5.02. The summed E-state index contributed by atoms with van der Waals surface area (Å²) >= 11 is 1.27. The van der Waals surface area contributed by atoms with E-state index in [1.165, 1.54) is 18.9 Å². The third-order valence-corrected chi connectivity index (χ3v) is 5.74. The van der Waals surface area contributed by atoms with Gasteiger partial charge in [-0.25, -0.2) is 9.78 Å². The number of aromatic nitrogens is 2. The summed E-state index contributed by atoms with van der Waals surface area (Å²) in [6.45, 7) is 4.41. The van der Waals surface area contributed by atoms with E-state index in [0.717, 1.165) is 25.7 Å². The number of hydrogen-bond donors (Lipinski definition) is 1. The van der Waals surface area contributed by atoms with Gasteiger partial charge in [0.05, 0.1) is 28.8 Å². The molecule has 0 aliphatic heterocycles. The van der Waals surface area contributed by atoms with Gasteiger partial charge in [-0.15, -0.1) is 0 Å². The average molecular weight is 404 g/mol. The fourth-order valence-electron chi connectivity index (χ4n) is 2.81. The van der Waals surface area contributed by atoms with Gasteiger partial charge in [-0.2, -0.15) is 0 Å². The van der Waals surface area contributed by atoms with Gasteiger partial charge in [0.25, 0.3) is 5.56 Å². The number of ether oxygens (including phenoxy) is 1. The number of hydrogen-bond acceptors (Lipinski definition) is 6. The third kappa shape index (κ3) is 4.55. The van der Waals surface area contributed by atoms with Gasteiger partial charge in [0.2, 0.25) is 5.91 Å². The largest absolute Gasteiger partial charge is 0.465 e. The van der Waals surface area contributed by atoms with Crippen LogP contribution in [0.3, 0.4) is 0 Å². The number of esters is 1. The number of methoxy groups -OCH3 is 1. The predicted octanol–water partition coefficient (Wildman–Crippen LogP) is 2.74. The molecular formula is C20H25N3O4S. The lowest BCUT2D eigenvalue weighted by atomic mass is 10.1. The van der Waals surface area contributed by atoms with Gasteiger partial charge in [0, 0.05) is 12.6 Å². The van der Waals surface area contributed by atoms with Crippen LogP contribution in [-0.4, -0.2) is 39.8 Å². The first kappa shape index (κ1) is 20.4. The maximum absolute atomic E-state index is 13.0. The quantitative estimate of drug-likeness (QED) is 0.414. The van der Waals surface area contributed by atoms with E-state index in [1.807, 2.05) is 6.92 Å². The average Bonchev–Trinajstić information content (AvgIpc) is 3.50. The molecule has 1 aromatic carbocycles. The number of amides is 1. The molecule has 0 bridgehead atoms. The van der Waals surface area contributed by atoms with Crippen LogP contribution in [0.15, 0.2) is 28.2 Å². The first-order chi connectivity index (χ1) is 13.4. The Labute approximate surface area is 167 Å². The van der Waals surface area contributed by atoms with Gasteiger partial charge in [0.1, 0.15) is 0 Å². The van der Waals surface area contributed by atoms with Crippen molar-refractivity contribution in [2.24, 2.45) is 0 Å². The zero-order chi connectivity index (χ0) is 20.3. The molecule has 1 heterocycles. The molecule has 150 valence electrons. The molecule has 1 N–H and O–H groups in total. The first-order valence-electron chi connectivity index (χ1n) is 9.54. The van der Waals surface area contributed by atoms with Crippen LogP contribution in [0.25, 0.3) is 10.9 Å². The molecular weight excluding hydrogens is 378 g/mol. The molecule has 0 spiro atoms. The highest BCUT2D eigenvalue weighted by Crippen LogP contribution is 2.25. The zero-order valence-corrected chi connectivity index (χ0v) is 17.2. The Morgan fingerprint density at radius 1 is 1.39 bits per heavy atom. The number of carbonyl (C=O) groups is 2. The number of nitrogens with one attached hydrogen (secondary N) is 1. The molecule has 1 aromatic heterocycles. The Morgan fingerprint density at radius 2 is 2.14 bits per heavy atom. The molecule has 28 heavy (non-hydrogen) atoms. The molecule has 0 unspecified atom stereocenters. The van der Waals surface area contributed by atoms with Crippen molar-refractivity contribution in [1.82, 2.24) is 14.9 Å². The van der Waals surface area contributed by atoms with E-state index in [2.05, 4.69) is 17.2 Å². The Balaban J connectivity index is 1.99. The number of rotatable bonds is 8. The Kier molecular flexibility index (Phi) is 6.39. The standard InChI is InChI=1S/C20H25N3O4S/c1-4-5-10-23-18(25)15-9-6-13(19(26)27-3)11-16(15)22-20(23)28-12(2)17(24)21-14-7-8-14/h6,9,11-12,14H,4-5,7-8,10H2,1-3H3,(H,21,24)/t12-/m0/s1. The number of nitrogens with zero attached hydrogens (tertiary/aromatic N) is 2. The third-order valence-electron chi connectivity index (χ3n) is 4.65. The zero-order valence-electron chi connectivity index (χ0n) is 16.4. The van der Waals surface area contributed by atoms with Crippen molar-refractivity contribution in [3.63, 3.8) is 0 Å². The highest BCUT2D eigenvalue weighted by atomic mass is 32.2. The molecule has 1 amide bonds. The second kappa shape index (κ2) is 8.77. The monoisotopic (exact) mass is 403 g/mol. The normalized spacial score (nSPS) is 14.7. The second-order valence-corrected chi connectivity index (χ2v) is 8.28. The minimum absolute atomic E-state index is 0.0489. The Hall–Kier alpha value is -2.35. The number of carbonyl (C=O) groups excluding carboxylic acids is 2. The van der Waals surface area contributed by atoms with Crippen molar-refractivity contribution in [2.45, 2.75) is 62.5 Å². The van der Waals surface area contributed by atoms with E-state index in [0.29, 0.717) is 28.2 Å². The van der Waals surface area contributed by atoms with Crippen molar-refractivity contribution in [3.05, 3.63) is 34.1 Å². The summed E-state index contributed by atoms with van der Waals surface area (Å²) in [5.41, 5.74) is 0.605. The van der Waals surface area contributed by atoms with E-state index in [-0.39, 0.29) is 22.8 Å². The minimum atomic E-state index is -0.481. The van der Waals surface area contributed by atoms with Crippen LogP contribution in [-0.2, 0) is 16.1 Å². The molecule has 8 heteroatoms. The molecule has 2 aromatic rings. The summed E-state index contributed by atoms with van der Waals surface area (Å²) in [5, 5.41) is 3.55. The van der Waals surface area contributed by atoms with Gasteiger partial charge in [-0.1, -0.05) is 25.1 Å². The van der Waals surface area contributed by atoms with Crippen molar-refractivity contribution >= 4 is 34.5 Å². The molecule has 7 nitrogen and oxygen atoms in total. The topological polar surface area (TPSA) is 90.3 Å². The van der Waals surface area contributed by atoms with E-state index >= 15 is 0 Å². The van der Waals surface area contributed by atoms with Gasteiger partial charge in [0.15, 0.2) is 5.16 Å². The number of thioether (sulfide) groups is 1. The Morgan fingerprint density at radius 3 is 2.79 bits per heavy atom. The fraction of sp³-hybridized carbons (Fsp3) is 0.500. The predicted molar refractivity (Wildman–Crippen MR) is 109 cm³/mol. The lowest BCUT2D eigenvalue weighted by Crippen LogP contribution is -2.33. The number of fused-ring (bicyclic) bond motifs is 1. The van der Waals surface area contributed by atoms with Crippen LogP contribution in [0.1, 0.15) is 49.9 Å². The van der Waals surface area contributed by atoms with E-state index in [1.54, 1.807) is 22.8 Å². The van der Waals surface area contributed by atoms with Crippen LogP contribution < -0.4 is 10.9 Å². The molecule has 0 radical (unpaired) electrons. The summed E-state index contributed by atoms with van der Waals surface area (Å²) in [4.78, 5) is 41.8. The van der Waals surface area contributed by atoms with Crippen molar-refractivity contribution in [1.29, 1.82) is 0 Å².